The van der Waals surface area contributed by atoms with Gasteiger partial charge < -0.3 is 20.3 Å². The molecule has 1 atom stereocenters. The highest BCUT2D eigenvalue weighted by molar-refractivity contribution is 5.96. The summed E-state index contributed by atoms with van der Waals surface area (Å²) in [6, 6.07) is 4.90. The number of nitrogens with one attached hydrogen (secondary N) is 1. The Morgan fingerprint density at radius 3 is 2.58 bits per heavy atom. The fourth-order valence-corrected chi connectivity index (χ4v) is 3.01. The lowest BCUT2D eigenvalue weighted by Gasteiger charge is -2.16. The fraction of sp³-hybridized carbons (Fsp3) is 0.227. The molecular formula is C22H20FN3O5. The number of hydrogen-bond donors (Lipinski definition) is 3. The topological polar surface area (TPSA) is 114 Å². The first-order valence-electron chi connectivity index (χ1n) is 9.33. The summed E-state index contributed by atoms with van der Waals surface area (Å²) in [7, 11) is 1.42. The Balaban J connectivity index is 2.17. The van der Waals surface area contributed by atoms with Gasteiger partial charge in [-0.05, 0) is 47.7 Å². The summed E-state index contributed by atoms with van der Waals surface area (Å²) in [5.41, 5.74) is 5.54. The van der Waals surface area contributed by atoms with Crippen LogP contribution in [0.2, 0.25) is 0 Å². The Morgan fingerprint density at radius 1 is 1.26 bits per heavy atom. The number of benzene rings is 1. The predicted octanol–water partition coefficient (Wildman–Crippen LogP) is 3.12. The average molecular weight is 425 g/mol. The van der Waals surface area contributed by atoms with Crippen LogP contribution >= 0.6 is 0 Å². The molecular weight excluding hydrogens is 405 g/mol. The quantitative estimate of drug-likeness (QED) is 0.588. The second kappa shape index (κ2) is 8.75. The summed E-state index contributed by atoms with van der Waals surface area (Å²) in [5, 5.41) is 26.5. The highest BCUT2D eigenvalue weighted by Gasteiger charge is 2.27. The zero-order chi connectivity index (χ0) is 22.7. The van der Waals surface area contributed by atoms with Crippen LogP contribution in [-0.2, 0) is 4.79 Å². The van der Waals surface area contributed by atoms with Gasteiger partial charge >= 0.3 is 5.97 Å². The standard InChI is InChI=1S/C22H20FN3O5/c1-12(2)20(22(29)30)24-21(28)15-11-16(19-17(27)5-4-6-18(19)31-3)26(25-15)14-9-7-13(23)8-10-14/h4-7,9,11-12,20,27H,1-3H3,(H,24,28)(H,29,30). The van der Waals surface area contributed by atoms with Crippen LogP contribution in [0.1, 0.15) is 24.3 Å². The minimum absolute atomic E-state index is 0.107. The zero-order valence-corrected chi connectivity index (χ0v) is 17.0. The number of aliphatic carboxylic acids is 1. The smallest absolute Gasteiger partial charge is 0.326 e. The van der Waals surface area contributed by atoms with Gasteiger partial charge in [-0.1, -0.05) is 19.9 Å². The van der Waals surface area contributed by atoms with E-state index in [1.165, 1.54) is 30.0 Å². The average Bonchev–Trinajstić information content (AvgIpc) is 3.16. The molecule has 1 amide bonds. The monoisotopic (exact) mass is 425 g/mol. The lowest BCUT2D eigenvalue weighted by Crippen LogP contribution is -2.44. The number of carbonyl (C=O) groups is 2. The number of aromatic nitrogens is 2. The second-order valence-electron chi connectivity index (χ2n) is 7.03. The van der Waals surface area contributed by atoms with E-state index in [4.69, 9.17) is 4.74 Å². The normalized spacial score (nSPS) is 13.6. The molecule has 1 aliphatic carbocycles. The van der Waals surface area contributed by atoms with Crippen molar-refractivity contribution in [3.8, 4) is 22.8 Å². The third-order valence-corrected chi connectivity index (χ3v) is 4.57. The van der Waals surface area contributed by atoms with Crippen LogP contribution < -0.4 is 10.1 Å². The molecule has 1 aliphatic rings. The number of amides is 1. The number of ether oxygens (including phenoxy) is 1. The van der Waals surface area contributed by atoms with E-state index in [9.17, 15) is 24.2 Å². The number of phenolic OH excluding ortho intramolecular Hbond substituents is 1. The van der Waals surface area contributed by atoms with E-state index in [2.05, 4.69) is 21.9 Å². The maximum Gasteiger partial charge on any atom is 0.326 e. The molecule has 0 radical (unpaired) electrons. The van der Waals surface area contributed by atoms with Crippen LogP contribution in [0.5, 0.6) is 11.5 Å². The lowest BCUT2D eigenvalue weighted by atomic mass is 10.0. The van der Waals surface area contributed by atoms with Gasteiger partial charge in [0.2, 0.25) is 0 Å². The molecule has 3 rings (SSSR count). The van der Waals surface area contributed by atoms with Crippen molar-refractivity contribution < 1.29 is 28.9 Å². The van der Waals surface area contributed by atoms with E-state index >= 15 is 0 Å². The number of rotatable bonds is 7. The molecule has 2 aromatic rings. The van der Waals surface area contributed by atoms with E-state index in [1.54, 1.807) is 26.0 Å². The SMILES string of the molecule is COc1cccc(O)c1-c1cc(C(=O)NC(C(=O)O)C(C)C)nn1C1=C=C=C(F)C=C1. The van der Waals surface area contributed by atoms with Crippen molar-refractivity contribution in [2.45, 2.75) is 19.9 Å². The van der Waals surface area contributed by atoms with E-state index in [0.29, 0.717) is 5.75 Å². The highest BCUT2D eigenvalue weighted by atomic mass is 19.1. The number of carbonyl (C=O) groups excluding carboxylic acids is 1. The van der Waals surface area contributed by atoms with Gasteiger partial charge in [-0.25, -0.2) is 9.48 Å². The van der Waals surface area contributed by atoms with Crippen LogP contribution in [-0.4, -0.2) is 45.0 Å². The van der Waals surface area contributed by atoms with Crippen molar-refractivity contribution in [2.24, 2.45) is 5.92 Å². The molecule has 3 N–H and O–H groups in total. The van der Waals surface area contributed by atoms with Crippen molar-refractivity contribution in [3.63, 3.8) is 0 Å². The molecule has 0 fully saturated rings. The van der Waals surface area contributed by atoms with E-state index in [1.807, 2.05) is 0 Å². The van der Waals surface area contributed by atoms with Crippen molar-refractivity contribution in [2.75, 3.05) is 7.11 Å². The fourth-order valence-electron chi connectivity index (χ4n) is 3.01. The molecule has 31 heavy (non-hydrogen) atoms. The summed E-state index contributed by atoms with van der Waals surface area (Å²) < 4.78 is 19.9. The van der Waals surface area contributed by atoms with Crippen molar-refractivity contribution in [1.82, 2.24) is 15.1 Å². The van der Waals surface area contributed by atoms with Crippen LogP contribution in [0.15, 0.2) is 53.7 Å². The molecule has 0 bridgehead atoms. The second-order valence-corrected chi connectivity index (χ2v) is 7.03. The number of nitrogens with zero attached hydrogens (tertiary/aromatic N) is 2. The number of aromatic hydroxyl groups is 1. The van der Waals surface area contributed by atoms with Crippen LogP contribution in [0.25, 0.3) is 17.0 Å². The van der Waals surface area contributed by atoms with Gasteiger partial charge in [0.1, 0.15) is 23.2 Å². The molecule has 9 heteroatoms. The van der Waals surface area contributed by atoms with E-state index in [0.717, 1.165) is 6.08 Å². The zero-order valence-electron chi connectivity index (χ0n) is 17.0. The summed E-state index contributed by atoms with van der Waals surface area (Å²) in [6.45, 7) is 3.33. The van der Waals surface area contributed by atoms with Gasteiger partial charge in [0.15, 0.2) is 11.5 Å². The Hall–Kier alpha value is -4.06. The van der Waals surface area contributed by atoms with E-state index in [-0.39, 0.29) is 34.3 Å². The third-order valence-electron chi connectivity index (χ3n) is 4.57. The number of carboxylic acid groups (broad SMARTS) is 1. The number of halogens is 1. The lowest BCUT2D eigenvalue weighted by molar-refractivity contribution is -0.140. The summed E-state index contributed by atoms with van der Waals surface area (Å²) >= 11 is 0. The maximum atomic E-state index is 13.3. The third kappa shape index (κ3) is 4.43. The minimum atomic E-state index is -1.17. The van der Waals surface area contributed by atoms with Crippen molar-refractivity contribution >= 4 is 17.6 Å². The summed E-state index contributed by atoms with van der Waals surface area (Å²) in [6.07, 6.45) is 2.53. The Bertz CT molecular complexity index is 1180. The summed E-state index contributed by atoms with van der Waals surface area (Å²) in [5.74, 6) is -2.71. The molecule has 160 valence electrons. The van der Waals surface area contributed by atoms with Crippen LogP contribution in [0, 0.1) is 5.92 Å². The molecule has 1 aromatic heterocycles. The molecule has 1 heterocycles. The highest BCUT2D eigenvalue weighted by Crippen LogP contribution is 2.39. The number of methoxy groups -OCH3 is 1. The Morgan fingerprint density at radius 2 is 2.00 bits per heavy atom. The first-order valence-corrected chi connectivity index (χ1v) is 9.33. The van der Waals surface area contributed by atoms with Gasteiger partial charge in [0.05, 0.1) is 18.4 Å². The van der Waals surface area contributed by atoms with Gasteiger partial charge in [-0.2, -0.15) is 9.49 Å². The Labute approximate surface area is 177 Å². The van der Waals surface area contributed by atoms with Gasteiger partial charge in [-0.15, -0.1) is 0 Å². The molecule has 8 nitrogen and oxygen atoms in total. The Kier molecular flexibility index (Phi) is 6.11. The molecule has 1 unspecified atom stereocenters. The first kappa shape index (κ1) is 21.6. The van der Waals surface area contributed by atoms with Crippen LogP contribution in [0.4, 0.5) is 4.39 Å². The van der Waals surface area contributed by atoms with Crippen molar-refractivity contribution in [3.05, 3.63) is 59.4 Å². The van der Waals surface area contributed by atoms with Gasteiger partial charge in [0.25, 0.3) is 5.91 Å². The van der Waals surface area contributed by atoms with E-state index < -0.39 is 23.7 Å². The molecule has 0 aliphatic heterocycles. The number of hydrogen-bond acceptors (Lipinski definition) is 5. The molecule has 0 saturated carbocycles. The largest absolute Gasteiger partial charge is 0.507 e. The molecule has 0 spiro atoms. The number of carboxylic acids is 1. The molecule has 1 aromatic carbocycles. The maximum absolute atomic E-state index is 13.3. The summed E-state index contributed by atoms with van der Waals surface area (Å²) in [4.78, 5) is 24.2. The first-order chi connectivity index (χ1) is 14.7. The van der Waals surface area contributed by atoms with Crippen molar-refractivity contribution in [1.29, 1.82) is 0 Å². The molecule has 0 saturated heterocycles. The predicted molar refractivity (Wildman–Crippen MR) is 110 cm³/mol. The number of phenols is 1. The number of allylic oxidation sites excluding steroid dienone is 4. The van der Waals surface area contributed by atoms with Gasteiger partial charge in [-0.3, -0.25) is 4.79 Å². The minimum Gasteiger partial charge on any atom is -0.507 e. The van der Waals surface area contributed by atoms with Gasteiger partial charge in [0, 0.05) is 0 Å². The van der Waals surface area contributed by atoms with Crippen LogP contribution in [0.3, 0.4) is 0 Å².